The van der Waals surface area contributed by atoms with E-state index in [0.717, 1.165) is 37.5 Å². The van der Waals surface area contributed by atoms with Crippen LogP contribution in [0.3, 0.4) is 0 Å². The lowest BCUT2D eigenvalue weighted by molar-refractivity contribution is -0.127. The van der Waals surface area contributed by atoms with Crippen molar-refractivity contribution in [2.75, 3.05) is 31.9 Å². The molecule has 114 valence electrons. The number of fused-ring (bicyclic) bond motifs is 1. The van der Waals surface area contributed by atoms with Crippen molar-refractivity contribution in [1.82, 2.24) is 10.2 Å². The summed E-state index contributed by atoms with van der Waals surface area (Å²) in [4.78, 5) is 14.3. The molecule has 2 aliphatic rings. The maximum atomic E-state index is 12.2. The van der Waals surface area contributed by atoms with E-state index in [4.69, 9.17) is 23.2 Å². The predicted octanol–water partition coefficient (Wildman–Crippen LogP) is 2.90. The van der Waals surface area contributed by atoms with Crippen LogP contribution in [0.2, 0.25) is 10.0 Å². The zero-order valence-corrected chi connectivity index (χ0v) is 14.0. The predicted molar refractivity (Wildman–Crippen MR) is 89.1 cm³/mol. The Kier molecular flexibility index (Phi) is 4.99. The Morgan fingerprint density at radius 2 is 2.00 bits per heavy atom. The number of carbonyl (C=O) groups is 1. The minimum Gasteiger partial charge on any atom is -0.341 e. The lowest BCUT2D eigenvalue weighted by Crippen LogP contribution is -2.33. The number of hydrogen-bond acceptors (Lipinski definition) is 3. The highest BCUT2D eigenvalue weighted by Crippen LogP contribution is 2.28. The molecule has 21 heavy (non-hydrogen) atoms. The molecule has 0 unspecified atom stereocenters. The second kappa shape index (κ2) is 6.78. The van der Waals surface area contributed by atoms with Crippen LogP contribution in [0.25, 0.3) is 0 Å². The number of carbonyl (C=O) groups excluding carboxylic acids is 1. The lowest BCUT2D eigenvalue weighted by atomic mass is 10.0. The summed E-state index contributed by atoms with van der Waals surface area (Å²) in [5.41, 5.74) is 1.03. The van der Waals surface area contributed by atoms with Crippen LogP contribution in [0.15, 0.2) is 18.2 Å². The van der Waals surface area contributed by atoms with Gasteiger partial charge in [-0.05, 0) is 29.5 Å². The van der Waals surface area contributed by atoms with Crippen molar-refractivity contribution in [3.8, 4) is 0 Å². The van der Waals surface area contributed by atoms with E-state index in [0.29, 0.717) is 27.6 Å². The van der Waals surface area contributed by atoms with E-state index in [1.165, 1.54) is 0 Å². The number of nitrogens with zero attached hydrogens (tertiary/aromatic N) is 1. The first-order chi connectivity index (χ1) is 10.1. The zero-order valence-electron chi connectivity index (χ0n) is 11.6. The monoisotopic (exact) mass is 344 g/mol. The first-order valence-corrected chi connectivity index (χ1v) is 9.04. The number of hydrogen-bond donors (Lipinski definition) is 1. The van der Waals surface area contributed by atoms with Gasteiger partial charge in [-0.25, -0.2) is 0 Å². The smallest absolute Gasteiger partial charge is 0.232 e. The number of benzene rings is 1. The normalized spacial score (nSPS) is 24.4. The fourth-order valence-electron chi connectivity index (χ4n) is 3.04. The Balaban J connectivity index is 1.46. The summed E-state index contributed by atoms with van der Waals surface area (Å²) in [5, 5.41) is 4.70. The van der Waals surface area contributed by atoms with Crippen LogP contribution in [0.5, 0.6) is 0 Å². The molecule has 0 spiro atoms. The standard InChI is InChI=1S/C15H18Cl2N2OS/c16-13-2-1-10(14(17)3-13)8-21-9-15(20)19-6-11-4-18-5-12(11)7-19/h1-3,11-12,18H,4-9H2/t11-,12+. The molecule has 6 heteroatoms. The molecule has 2 fully saturated rings. The van der Waals surface area contributed by atoms with Crippen molar-refractivity contribution in [2.45, 2.75) is 5.75 Å². The van der Waals surface area contributed by atoms with E-state index in [2.05, 4.69) is 5.32 Å². The number of halogens is 2. The Bertz CT molecular complexity index is 528. The number of nitrogens with one attached hydrogen (secondary N) is 1. The van der Waals surface area contributed by atoms with E-state index >= 15 is 0 Å². The Labute approximate surface area is 139 Å². The highest BCUT2D eigenvalue weighted by atomic mass is 35.5. The van der Waals surface area contributed by atoms with Crippen LogP contribution >= 0.6 is 35.0 Å². The fraction of sp³-hybridized carbons (Fsp3) is 0.533. The SMILES string of the molecule is O=C(CSCc1ccc(Cl)cc1Cl)N1C[C@H]2CNC[C@H]2C1. The summed E-state index contributed by atoms with van der Waals surface area (Å²) in [6.07, 6.45) is 0. The summed E-state index contributed by atoms with van der Waals surface area (Å²) >= 11 is 13.6. The highest BCUT2D eigenvalue weighted by molar-refractivity contribution is 7.99. The third-order valence-electron chi connectivity index (χ3n) is 4.24. The first-order valence-electron chi connectivity index (χ1n) is 7.13. The maximum absolute atomic E-state index is 12.2. The molecular formula is C15H18Cl2N2OS. The van der Waals surface area contributed by atoms with Gasteiger partial charge in [-0.15, -0.1) is 11.8 Å². The molecular weight excluding hydrogens is 327 g/mol. The average molecular weight is 345 g/mol. The van der Waals surface area contributed by atoms with Gasteiger partial charge in [0.1, 0.15) is 0 Å². The zero-order chi connectivity index (χ0) is 14.8. The fourth-order valence-corrected chi connectivity index (χ4v) is 4.52. The molecule has 0 radical (unpaired) electrons. The molecule has 1 aromatic carbocycles. The molecule has 0 aromatic heterocycles. The van der Waals surface area contributed by atoms with E-state index in [1.807, 2.05) is 17.0 Å². The number of thioether (sulfide) groups is 1. The molecule has 3 rings (SSSR count). The van der Waals surface area contributed by atoms with Crippen LogP contribution in [-0.4, -0.2) is 42.7 Å². The first kappa shape index (κ1) is 15.5. The van der Waals surface area contributed by atoms with Crippen molar-refractivity contribution in [3.63, 3.8) is 0 Å². The van der Waals surface area contributed by atoms with E-state index < -0.39 is 0 Å². The van der Waals surface area contributed by atoms with Gasteiger partial charge in [0.2, 0.25) is 5.91 Å². The van der Waals surface area contributed by atoms with Crippen LogP contribution in [-0.2, 0) is 10.5 Å². The molecule has 3 nitrogen and oxygen atoms in total. The summed E-state index contributed by atoms with van der Waals surface area (Å²) in [7, 11) is 0. The summed E-state index contributed by atoms with van der Waals surface area (Å²) < 4.78 is 0. The molecule has 2 aliphatic heterocycles. The van der Waals surface area contributed by atoms with E-state index in [-0.39, 0.29) is 5.91 Å². The van der Waals surface area contributed by atoms with Gasteiger partial charge in [0, 0.05) is 42.0 Å². The molecule has 2 heterocycles. The minimum absolute atomic E-state index is 0.250. The summed E-state index contributed by atoms with van der Waals surface area (Å²) in [5.74, 6) is 2.82. The largest absolute Gasteiger partial charge is 0.341 e. The lowest BCUT2D eigenvalue weighted by Gasteiger charge is -2.17. The molecule has 0 aliphatic carbocycles. The van der Waals surface area contributed by atoms with Crippen LogP contribution in [0, 0.1) is 11.8 Å². The average Bonchev–Trinajstić information content (AvgIpc) is 3.02. The van der Waals surface area contributed by atoms with Gasteiger partial charge < -0.3 is 10.2 Å². The maximum Gasteiger partial charge on any atom is 0.232 e. The highest BCUT2D eigenvalue weighted by Gasteiger charge is 2.37. The second-order valence-corrected chi connectivity index (χ2v) is 7.53. The van der Waals surface area contributed by atoms with Crippen molar-refractivity contribution in [1.29, 1.82) is 0 Å². The van der Waals surface area contributed by atoms with Gasteiger partial charge in [0.15, 0.2) is 0 Å². The van der Waals surface area contributed by atoms with Crippen LogP contribution in [0.4, 0.5) is 0 Å². The Hall–Kier alpha value is -0.420. The quantitative estimate of drug-likeness (QED) is 0.911. The molecule has 1 N–H and O–H groups in total. The summed E-state index contributed by atoms with van der Waals surface area (Å²) in [6, 6.07) is 5.50. The van der Waals surface area contributed by atoms with Gasteiger partial charge in [-0.3, -0.25) is 4.79 Å². The molecule has 2 atom stereocenters. The van der Waals surface area contributed by atoms with Gasteiger partial charge in [-0.2, -0.15) is 0 Å². The van der Waals surface area contributed by atoms with Crippen LogP contribution in [0.1, 0.15) is 5.56 Å². The molecule has 0 bridgehead atoms. The van der Waals surface area contributed by atoms with Crippen molar-refractivity contribution in [2.24, 2.45) is 11.8 Å². The van der Waals surface area contributed by atoms with Gasteiger partial charge in [-0.1, -0.05) is 29.3 Å². The molecule has 1 amide bonds. The van der Waals surface area contributed by atoms with Crippen molar-refractivity contribution >= 4 is 40.9 Å². The van der Waals surface area contributed by atoms with Crippen molar-refractivity contribution in [3.05, 3.63) is 33.8 Å². The number of rotatable bonds is 4. The van der Waals surface area contributed by atoms with E-state index in [9.17, 15) is 4.79 Å². The van der Waals surface area contributed by atoms with E-state index in [1.54, 1.807) is 17.8 Å². The van der Waals surface area contributed by atoms with Gasteiger partial charge in [0.25, 0.3) is 0 Å². The topological polar surface area (TPSA) is 32.3 Å². The number of amides is 1. The molecule has 2 saturated heterocycles. The number of likely N-dealkylation sites (tertiary alicyclic amines) is 1. The minimum atomic E-state index is 0.250. The van der Waals surface area contributed by atoms with Gasteiger partial charge >= 0.3 is 0 Å². The Morgan fingerprint density at radius 3 is 2.67 bits per heavy atom. The molecule has 1 aromatic rings. The summed E-state index contributed by atoms with van der Waals surface area (Å²) in [6.45, 7) is 3.95. The Morgan fingerprint density at radius 1 is 1.29 bits per heavy atom. The van der Waals surface area contributed by atoms with Crippen molar-refractivity contribution < 1.29 is 4.79 Å². The van der Waals surface area contributed by atoms with Gasteiger partial charge in [0.05, 0.1) is 5.75 Å². The molecule has 0 saturated carbocycles. The second-order valence-electron chi connectivity index (χ2n) is 5.71. The third-order valence-corrected chi connectivity index (χ3v) is 5.79. The third kappa shape index (κ3) is 3.67. The van der Waals surface area contributed by atoms with Crippen LogP contribution < -0.4 is 5.32 Å².